The minimum absolute atomic E-state index is 0.198. The number of nitrogens with zero attached hydrogens (tertiary/aromatic N) is 3. The summed E-state index contributed by atoms with van der Waals surface area (Å²) in [4.78, 5) is 13.0. The molecule has 1 unspecified atom stereocenters. The first-order valence-corrected chi connectivity index (χ1v) is 6.95. The van der Waals surface area contributed by atoms with Crippen LogP contribution < -0.4 is 10.6 Å². The van der Waals surface area contributed by atoms with Crippen LogP contribution >= 0.6 is 11.6 Å². The summed E-state index contributed by atoms with van der Waals surface area (Å²) in [5.74, 6) is 1.75. The van der Waals surface area contributed by atoms with E-state index < -0.39 is 0 Å². The van der Waals surface area contributed by atoms with Gasteiger partial charge in [0.25, 0.3) is 0 Å². The summed E-state index contributed by atoms with van der Waals surface area (Å²) >= 11 is 6.11. The normalized spacial score (nSPS) is 21.9. The summed E-state index contributed by atoms with van der Waals surface area (Å²) in [5, 5.41) is 6.95. The van der Waals surface area contributed by atoms with Crippen LogP contribution in [0.5, 0.6) is 0 Å². The fraction of sp³-hybridized carbons (Fsp3) is 0.462. The van der Waals surface area contributed by atoms with Gasteiger partial charge in [-0.05, 0) is 19.4 Å². The molecule has 20 heavy (non-hydrogen) atoms. The number of hydrogen-bond donors (Lipinski definition) is 2. The number of nitrogens with one attached hydrogen (secondary N) is 2. The van der Waals surface area contributed by atoms with Gasteiger partial charge in [0, 0.05) is 12.5 Å². The van der Waals surface area contributed by atoms with Crippen LogP contribution in [0.3, 0.4) is 0 Å². The van der Waals surface area contributed by atoms with Gasteiger partial charge in [0.05, 0.1) is 19.3 Å². The second-order valence-electron chi connectivity index (χ2n) is 4.97. The van der Waals surface area contributed by atoms with E-state index in [9.17, 15) is 0 Å². The molecule has 7 heteroatoms. The van der Waals surface area contributed by atoms with Crippen LogP contribution in [0.4, 0.5) is 11.8 Å². The van der Waals surface area contributed by atoms with E-state index in [0.29, 0.717) is 35.8 Å². The second-order valence-corrected chi connectivity index (χ2v) is 5.38. The van der Waals surface area contributed by atoms with E-state index in [0.717, 1.165) is 17.7 Å². The van der Waals surface area contributed by atoms with Gasteiger partial charge in [0.1, 0.15) is 10.7 Å². The van der Waals surface area contributed by atoms with Gasteiger partial charge < -0.3 is 15.4 Å². The first-order valence-electron chi connectivity index (χ1n) is 6.57. The van der Waals surface area contributed by atoms with Crippen LogP contribution in [0.2, 0.25) is 5.02 Å². The lowest BCUT2D eigenvalue weighted by Gasteiger charge is -2.14. The molecular formula is C13H16ClN5O. The van der Waals surface area contributed by atoms with Gasteiger partial charge >= 0.3 is 0 Å². The van der Waals surface area contributed by atoms with Crippen molar-refractivity contribution in [1.82, 2.24) is 9.97 Å². The Kier molecular flexibility index (Phi) is 3.48. The highest BCUT2D eigenvalue weighted by Crippen LogP contribution is 2.24. The molecule has 1 aromatic heterocycles. The molecule has 1 aromatic rings. The van der Waals surface area contributed by atoms with Crippen LogP contribution in [-0.4, -0.2) is 35.1 Å². The van der Waals surface area contributed by atoms with Crippen LogP contribution in [-0.2, 0) is 4.74 Å². The molecule has 0 aliphatic carbocycles. The zero-order valence-corrected chi connectivity index (χ0v) is 12.2. The van der Waals surface area contributed by atoms with Crippen molar-refractivity contribution in [1.29, 1.82) is 0 Å². The molecule has 2 N–H and O–H groups in total. The number of anilines is 2. The summed E-state index contributed by atoms with van der Waals surface area (Å²) < 4.78 is 5.75. The molecule has 3 heterocycles. The van der Waals surface area contributed by atoms with Crippen molar-refractivity contribution >= 4 is 29.3 Å². The van der Waals surface area contributed by atoms with E-state index >= 15 is 0 Å². The maximum Gasteiger partial charge on any atom is 0.233 e. The van der Waals surface area contributed by atoms with Crippen molar-refractivity contribution in [2.24, 2.45) is 4.99 Å². The Morgan fingerprint density at radius 3 is 3.15 bits per heavy atom. The summed E-state index contributed by atoms with van der Waals surface area (Å²) in [7, 11) is 0. The predicted octanol–water partition coefficient (Wildman–Crippen LogP) is 2.45. The second kappa shape index (κ2) is 5.28. The maximum absolute atomic E-state index is 6.11. The molecule has 0 aromatic carbocycles. The topological polar surface area (TPSA) is 71.4 Å². The smallest absolute Gasteiger partial charge is 0.233 e. The summed E-state index contributed by atoms with van der Waals surface area (Å²) in [6, 6.07) is 0.198. The summed E-state index contributed by atoms with van der Waals surface area (Å²) in [6.07, 6.45) is 2.42. The van der Waals surface area contributed by atoms with Crippen molar-refractivity contribution in [3.8, 4) is 0 Å². The first-order chi connectivity index (χ1) is 9.63. The molecule has 0 saturated heterocycles. The van der Waals surface area contributed by atoms with Gasteiger partial charge in [-0.1, -0.05) is 11.6 Å². The SMILES string of the molecule is CC1=C2Nc3ncc(Cl)c(n3)NC(C)CCOC2=NC1. The molecule has 2 aliphatic rings. The van der Waals surface area contributed by atoms with Crippen molar-refractivity contribution in [3.63, 3.8) is 0 Å². The molecule has 0 radical (unpaired) electrons. The van der Waals surface area contributed by atoms with Crippen LogP contribution in [0, 0.1) is 0 Å². The summed E-state index contributed by atoms with van der Waals surface area (Å²) in [5.41, 5.74) is 1.97. The Bertz CT molecular complexity index is 598. The van der Waals surface area contributed by atoms with E-state index in [4.69, 9.17) is 16.3 Å². The minimum atomic E-state index is 0.198. The van der Waals surface area contributed by atoms with Crippen molar-refractivity contribution < 1.29 is 4.74 Å². The Morgan fingerprint density at radius 1 is 1.45 bits per heavy atom. The highest BCUT2D eigenvalue weighted by atomic mass is 35.5. The van der Waals surface area contributed by atoms with Gasteiger partial charge in [-0.15, -0.1) is 0 Å². The summed E-state index contributed by atoms with van der Waals surface area (Å²) in [6.45, 7) is 5.31. The van der Waals surface area contributed by atoms with Gasteiger partial charge in [0.15, 0.2) is 5.82 Å². The molecule has 0 amide bonds. The van der Waals surface area contributed by atoms with E-state index in [1.807, 2.05) is 6.92 Å². The third kappa shape index (κ3) is 2.56. The Morgan fingerprint density at radius 2 is 2.30 bits per heavy atom. The van der Waals surface area contributed by atoms with Gasteiger partial charge in [-0.3, -0.25) is 0 Å². The Hall–Kier alpha value is -1.82. The lowest BCUT2D eigenvalue weighted by Crippen LogP contribution is -2.19. The van der Waals surface area contributed by atoms with Crippen molar-refractivity contribution in [2.75, 3.05) is 23.8 Å². The molecule has 2 bridgehead atoms. The standard InChI is InChI=1S/C13H16ClN5O/c1-7-5-15-12-10(7)18-13-16-6-9(14)11(19-13)17-8(2)3-4-20-12/h6,8H,3-5H2,1-2H3,(H2,16,17,18,19). The van der Waals surface area contributed by atoms with Gasteiger partial charge in [0.2, 0.25) is 11.8 Å². The highest BCUT2D eigenvalue weighted by molar-refractivity contribution is 6.32. The third-order valence-corrected chi connectivity index (χ3v) is 3.53. The average molecular weight is 294 g/mol. The molecule has 1 atom stereocenters. The van der Waals surface area contributed by atoms with Gasteiger partial charge in [-0.2, -0.15) is 4.98 Å². The van der Waals surface area contributed by atoms with E-state index in [-0.39, 0.29) is 6.04 Å². The lowest BCUT2D eigenvalue weighted by atomic mass is 10.2. The van der Waals surface area contributed by atoms with E-state index in [1.165, 1.54) is 0 Å². The number of halogens is 1. The predicted molar refractivity (Wildman–Crippen MR) is 79.3 cm³/mol. The molecule has 0 fully saturated rings. The number of ether oxygens (including phenoxy) is 1. The van der Waals surface area contributed by atoms with Crippen molar-refractivity contribution in [2.45, 2.75) is 26.3 Å². The number of rotatable bonds is 0. The quantitative estimate of drug-likeness (QED) is 0.769. The van der Waals surface area contributed by atoms with E-state index in [1.54, 1.807) is 6.20 Å². The van der Waals surface area contributed by atoms with Crippen LogP contribution in [0.15, 0.2) is 22.5 Å². The number of aromatic nitrogens is 2. The molecular weight excluding hydrogens is 278 g/mol. The molecule has 3 rings (SSSR count). The maximum atomic E-state index is 6.11. The largest absolute Gasteiger partial charge is 0.476 e. The van der Waals surface area contributed by atoms with Crippen LogP contribution in [0.1, 0.15) is 20.3 Å². The molecule has 2 aliphatic heterocycles. The molecule has 0 spiro atoms. The van der Waals surface area contributed by atoms with E-state index in [2.05, 4.69) is 32.5 Å². The lowest BCUT2D eigenvalue weighted by molar-refractivity contribution is 0.292. The van der Waals surface area contributed by atoms with Crippen molar-refractivity contribution in [3.05, 3.63) is 22.5 Å². The third-order valence-electron chi connectivity index (χ3n) is 3.25. The average Bonchev–Trinajstić information content (AvgIpc) is 2.74. The van der Waals surface area contributed by atoms with Gasteiger partial charge in [-0.25, -0.2) is 9.98 Å². The zero-order valence-electron chi connectivity index (χ0n) is 11.4. The monoisotopic (exact) mass is 293 g/mol. The minimum Gasteiger partial charge on any atom is -0.476 e. The number of hydrogen-bond acceptors (Lipinski definition) is 6. The fourth-order valence-corrected chi connectivity index (χ4v) is 2.23. The zero-order chi connectivity index (χ0) is 14.1. The molecule has 6 nitrogen and oxygen atoms in total. The first kappa shape index (κ1) is 13.2. The molecule has 106 valence electrons. The molecule has 0 saturated carbocycles. The Balaban J connectivity index is 1.98. The van der Waals surface area contributed by atoms with Crippen LogP contribution in [0.25, 0.3) is 0 Å². The number of aliphatic imine (C=N–C) groups is 1. The highest BCUT2D eigenvalue weighted by Gasteiger charge is 2.21. The Labute approximate surface area is 122 Å². The number of fused-ring (bicyclic) bond motifs is 3. The fourth-order valence-electron chi connectivity index (χ4n) is 2.09.